The van der Waals surface area contributed by atoms with Crippen molar-refractivity contribution in [3.63, 3.8) is 0 Å². The van der Waals surface area contributed by atoms with Gasteiger partial charge in [-0.25, -0.2) is 4.79 Å². The third kappa shape index (κ3) is 4.81. The molecule has 0 saturated carbocycles. The normalized spacial score (nSPS) is 11.4. The lowest BCUT2D eigenvalue weighted by atomic mass is 10.1. The number of carbonyl (C=O) groups excluding carboxylic acids is 1. The first-order valence-electron chi connectivity index (χ1n) is 8.41. The first-order valence-corrected chi connectivity index (χ1v) is 8.41. The largest absolute Gasteiger partial charge is 0.493 e. The number of hydrogen-bond donors (Lipinski definition) is 2. The molecule has 26 heavy (non-hydrogen) atoms. The lowest BCUT2D eigenvalue weighted by Crippen LogP contribution is -2.39. The molecule has 0 aliphatic heterocycles. The molecule has 0 fully saturated rings. The van der Waals surface area contributed by atoms with Crippen LogP contribution in [0.5, 0.6) is 17.2 Å². The van der Waals surface area contributed by atoms with Crippen LogP contribution in [0.1, 0.15) is 29.7 Å². The van der Waals surface area contributed by atoms with E-state index >= 15 is 0 Å². The topological polar surface area (TPSA) is 68.8 Å². The molecule has 2 aromatic carbocycles. The monoisotopic (exact) mass is 358 g/mol. The fourth-order valence-corrected chi connectivity index (χ4v) is 2.51. The zero-order chi connectivity index (χ0) is 19.1. The summed E-state index contributed by atoms with van der Waals surface area (Å²) in [5, 5.41) is 5.57. The number of carbonyl (C=O) groups is 1. The van der Waals surface area contributed by atoms with E-state index in [0.717, 1.165) is 22.4 Å². The molecule has 140 valence electrons. The van der Waals surface area contributed by atoms with Crippen molar-refractivity contribution in [1.29, 1.82) is 0 Å². The molecule has 2 aromatic rings. The Kier molecular flexibility index (Phi) is 6.72. The third-order valence-electron chi connectivity index (χ3n) is 4.27. The van der Waals surface area contributed by atoms with Crippen molar-refractivity contribution in [3.05, 3.63) is 53.1 Å². The minimum atomic E-state index is -0.308. The van der Waals surface area contributed by atoms with Crippen LogP contribution in [0.25, 0.3) is 0 Å². The van der Waals surface area contributed by atoms with Crippen molar-refractivity contribution in [2.45, 2.75) is 26.8 Å². The number of methoxy groups -OCH3 is 2. The van der Waals surface area contributed by atoms with E-state index in [1.165, 1.54) is 0 Å². The Morgan fingerprint density at radius 1 is 1.04 bits per heavy atom. The van der Waals surface area contributed by atoms with Gasteiger partial charge in [0, 0.05) is 0 Å². The molecular weight excluding hydrogens is 332 g/mol. The number of rotatable bonds is 7. The molecule has 0 saturated heterocycles. The van der Waals surface area contributed by atoms with Crippen molar-refractivity contribution in [2.24, 2.45) is 0 Å². The van der Waals surface area contributed by atoms with Crippen LogP contribution < -0.4 is 24.8 Å². The molecule has 0 bridgehead atoms. The van der Waals surface area contributed by atoms with E-state index in [2.05, 4.69) is 10.6 Å². The Balaban J connectivity index is 1.88. The quantitative estimate of drug-likeness (QED) is 0.740. The number of benzene rings is 2. The van der Waals surface area contributed by atoms with Gasteiger partial charge in [0.25, 0.3) is 0 Å². The van der Waals surface area contributed by atoms with E-state index in [4.69, 9.17) is 14.2 Å². The number of hydrogen-bond acceptors (Lipinski definition) is 4. The van der Waals surface area contributed by atoms with Crippen molar-refractivity contribution in [1.82, 2.24) is 10.6 Å². The summed E-state index contributed by atoms with van der Waals surface area (Å²) in [5.41, 5.74) is 3.12. The second-order valence-corrected chi connectivity index (χ2v) is 5.97. The van der Waals surface area contributed by atoms with E-state index in [0.29, 0.717) is 11.5 Å². The van der Waals surface area contributed by atoms with E-state index < -0.39 is 0 Å². The first kappa shape index (κ1) is 19.4. The highest BCUT2D eigenvalue weighted by Crippen LogP contribution is 2.29. The van der Waals surface area contributed by atoms with Gasteiger partial charge in [0.1, 0.15) is 5.75 Å². The molecule has 0 heterocycles. The van der Waals surface area contributed by atoms with Crippen molar-refractivity contribution >= 4 is 6.03 Å². The summed E-state index contributed by atoms with van der Waals surface area (Å²) >= 11 is 0. The van der Waals surface area contributed by atoms with Crippen molar-refractivity contribution in [2.75, 3.05) is 21.0 Å². The Bertz CT molecular complexity index is 761. The van der Waals surface area contributed by atoms with Gasteiger partial charge in [0.05, 0.1) is 20.3 Å². The summed E-state index contributed by atoms with van der Waals surface area (Å²) in [6.45, 7) is 6.00. The SMILES string of the molecule is COc1ccc(C(C)NC(=O)NCOc2cccc(C)c2C)cc1OC. The van der Waals surface area contributed by atoms with Gasteiger partial charge in [-0.3, -0.25) is 0 Å². The molecule has 0 spiro atoms. The molecule has 1 atom stereocenters. The maximum absolute atomic E-state index is 12.1. The van der Waals surface area contributed by atoms with Crippen LogP contribution in [0, 0.1) is 13.8 Å². The van der Waals surface area contributed by atoms with Crippen LogP contribution in [0.4, 0.5) is 4.79 Å². The molecule has 2 N–H and O–H groups in total. The fraction of sp³-hybridized carbons (Fsp3) is 0.350. The Labute approximate surface area is 154 Å². The number of urea groups is 1. The molecule has 0 radical (unpaired) electrons. The molecule has 2 rings (SSSR count). The van der Waals surface area contributed by atoms with Gasteiger partial charge in [-0.1, -0.05) is 18.2 Å². The van der Waals surface area contributed by atoms with E-state index in [1.54, 1.807) is 14.2 Å². The third-order valence-corrected chi connectivity index (χ3v) is 4.27. The predicted molar refractivity (Wildman–Crippen MR) is 101 cm³/mol. The lowest BCUT2D eigenvalue weighted by Gasteiger charge is -2.17. The zero-order valence-electron chi connectivity index (χ0n) is 15.9. The van der Waals surface area contributed by atoms with Gasteiger partial charge >= 0.3 is 6.03 Å². The Morgan fingerprint density at radius 2 is 1.77 bits per heavy atom. The number of amides is 2. The Morgan fingerprint density at radius 3 is 2.46 bits per heavy atom. The highest BCUT2D eigenvalue weighted by Gasteiger charge is 2.12. The first-order chi connectivity index (χ1) is 12.5. The van der Waals surface area contributed by atoms with Gasteiger partial charge in [0.2, 0.25) is 0 Å². The Hall–Kier alpha value is -2.89. The molecule has 0 aliphatic rings. The second kappa shape index (κ2) is 8.99. The van der Waals surface area contributed by atoms with Gasteiger partial charge in [0.15, 0.2) is 18.2 Å². The van der Waals surface area contributed by atoms with E-state index in [-0.39, 0.29) is 18.8 Å². The maximum atomic E-state index is 12.1. The van der Waals surface area contributed by atoms with Gasteiger partial charge in [-0.15, -0.1) is 0 Å². The van der Waals surface area contributed by atoms with Crippen LogP contribution in [-0.2, 0) is 0 Å². The summed E-state index contributed by atoms with van der Waals surface area (Å²) < 4.78 is 16.2. The fourth-order valence-electron chi connectivity index (χ4n) is 2.51. The van der Waals surface area contributed by atoms with E-state index in [1.807, 2.05) is 57.2 Å². The van der Waals surface area contributed by atoms with Gasteiger partial charge in [-0.05, 0) is 55.7 Å². The summed E-state index contributed by atoms with van der Waals surface area (Å²) in [6, 6.07) is 10.9. The smallest absolute Gasteiger partial charge is 0.317 e. The average Bonchev–Trinajstić information content (AvgIpc) is 2.64. The summed E-state index contributed by atoms with van der Waals surface area (Å²) in [4.78, 5) is 12.1. The van der Waals surface area contributed by atoms with Crippen LogP contribution in [0.15, 0.2) is 36.4 Å². The molecule has 6 heteroatoms. The summed E-state index contributed by atoms with van der Waals surface area (Å²) in [6.07, 6.45) is 0. The zero-order valence-corrected chi connectivity index (χ0v) is 15.9. The number of ether oxygens (including phenoxy) is 3. The molecule has 0 aliphatic carbocycles. The standard InChI is InChI=1S/C20H26N2O4/c1-13-7-6-8-17(14(13)2)26-12-21-20(23)22-15(3)16-9-10-18(24-4)19(11-16)25-5/h6-11,15H,12H2,1-5H3,(H2,21,22,23). The average molecular weight is 358 g/mol. The predicted octanol–water partition coefficient (Wildman–Crippen LogP) is 3.72. The number of nitrogens with one attached hydrogen (secondary N) is 2. The molecular formula is C20H26N2O4. The van der Waals surface area contributed by atoms with Crippen LogP contribution >= 0.6 is 0 Å². The molecule has 0 aromatic heterocycles. The second-order valence-electron chi connectivity index (χ2n) is 5.97. The highest BCUT2D eigenvalue weighted by atomic mass is 16.5. The van der Waals surface area contributed by atoms with Crippen LogP contribution in [-0.4, -0.2) is 27.0 Å². The lowest BCUT2D eigenvalue weighted by molar-refractivity contribution is 0.221. The number of aryl methyl sites for hydroxylation is 1. The van der Waals surface area contributed by atoms with Crippen LogP contribution in [0.3, 0.4) is 0 Å². The maximum Gasteiger partial charge on any atom is 0.317 e. The molecule has 2 amide bonds. The minimum Gasteiger partial charge on any atom is -0.493 e. The van der Waals surface area contributed by atoms with Gasteiger partial charge in [-0.2, -0.15) is 0 Å². The summed E-state index contributed by atoms with van der Waals surface area (Å²) in [7, 11) is 3.17. The van der Waals surface area contributed by atoms with E-state index in [9.17, 15) is 4.79 Å². The van der Waals surface area contributed by atoms with Gasteiger partial charge < -0.3 is 24.8 Å². The van der Waals surface area contributed by atoms with Crippen LogP contribution in [0.2, 0.25) is 0 Å². The van der Waals surface area contributed by atoms with Crippen molar-refractivity contribution < 1.29 is 19.0 Å². The summed E-state index contributed by atoms with van der Waals surface area (Å²) in [5.74, 6) is 2.03. The minimum absolute atomic E-state index is 0.0920. The molecule has 6 nitrogen and oxygen atoms in total. The highest BCUT2D eigenvalue weighted by molar-refractivity contribution is 5.74. The molecule has 1 unspecified atom stereocenters. The van der Waals surface area contributed by atoms with Crippen molar-refractivity contribution in [3.8, 4) is 17.2 Å².